The molecule has 5 rings (SSSR count). The van der Waals surface area contributed by atoms with Gasteiger partial charge in [-0.2, -0.15) is 0 Å². The van der Waals surface area contributed by atoms with E-state index in [2.05, 4.69) is 15.6 Å². The molecule has 9 nitrogen and oxygen atoms in total. The normalized spacial score (nSPS) is 10.5. The van der Waals surface area contributed by atoms with Crippen LogP contribution in [-0.2, 0) is 0 Å². The van der Waals surface area contributed by atoms with Crippen molar-refractivity contribution in [3.05, 3.63) is 132 Å². The second-order valence-corrected chi connectivity index (χ2v) is 9.61. The van der Waals surface area contributed by atoms with Crippen molar-refractivity contribution >= 4 is 29.2 Å². The van der Waals surface area contributed by atoms with E-state index in [1.165, 1.54) is 25.6 Å². The molecule has 0 fully saturated rings. The lowest BCUT2D eigenvalue weighted by atomic mass is 10.0. The fourth-order valence-corrected chi connectivity index (χ4v) is 4.20. The second-order valence-electron chi connectivity index (χ2n) is 9.61. The molecule has 214 valence electrons. The number of esters is 1. The van der Waals surface area contributed by atoms with Gasteiger partial charge in [-0.1, -0.05) is 42.0 Å². The average Bonchev–Trinajstić information content (AvgIpc) is 3.03. The Morgan fingerprint density at radius 1 is 0.698 bits per heavy atom. The number of aryl methyl sites for hydroxylation is 1. The highest BCUT2D eigenvalue weighted by Gasteiger charge is 2.16. The van der Waals surface area contributed by atoms with Gasteiger partial charge in [-0.15, -0.1) is 0 Å². The molecule has 3 N–H and O–H groups in total. The Morgan fingerprint density at radius 2 is 1.33 bits per heavy atom. The van der Waals surface area contributed by atoms with Crippen molar-refractivity contribution in [2.45, 2.75) is 6.92 Å². The first-order valence-corrected chi connectivity index (χ1v) is 13.2. The lowest BCUT2D eigenvalue weighted by Gasteiger charge is -2.13. The minimum absolute atomic E-state index is 0.118. The summed E-state index contributed by atoms with van der Waals surface area (Å²) in [5.41, 5.74) is 4.24. The van der Waals surface area contributed by atoms with Crippen LogP contribution in [0.2, 0.25) is 0 Å². The third-order valence-electron chi connectivity index (χ3n) is 6.52. The van der Waals surface area contributed by atoms with Crippen molar-refractivity contribution in [1.82, 2.24) is 4.98 Å². The van der Waals surface area contributed by atoms with E-state index in [0.717, 1.165) is 16.7 Å². The van der Waals surface area contributed by atoms with Gasteiger partial charge in [0.15, 0.2) is 0 Å². The van der Waals surface area contributed by atoms with Crippen LogP contribution >= 0.6 is 0 Å². The summed E-state index contributed by atoms with van der Waals surface area (Å²) in [7, 11) is 1.47. The van der Waals surface area contributed by atoms with Crippen LogP contribution in [-0.4, -0.2) is 35.0 Å². The maximum absolute atomic E-state index is 13.0. The van der Waals surface area contributed by atoms with E-state index in [9.17, 15) is 19.5 Å². The van der Waals surface area contributed by atoms with Crippen molar-refractivity contribution < 1.29 is 29.0 Å². The van der Waals surface area contributed by atoms with Crippen molar-refractivity contribution in [3.63, 3.8) is 0 Å². The SMILES string of the molecule is COc1ccc(NC(=O)c2cncc(C(=O)Oc3ccc(C)cc3)c2)cc1NC(=O)c1ccc(-c2ccc(O)cc2)cc1. The molecule has 0 aliphatic carbocycles. The molecule has 0 saturated carbocycles. The highest BCUT2D eigenvalue weighted by atomic mass is 16.5. The molecular weight excluding hydrogens is 546 g/mol. The zero-order valence-electron chi connectivity index (χ0n) is 23.3. The Labute approximate surface area is 247 Å². The zero-order valence-corrected chi connectivity index (χ0v) is 23.3. The Kier molecular flexibility index (Phi) is 8.43. The monoisotopic (exact) mass is 573 g/mol. The summed E-state index contributed by atoms with van der Waals surface area (Å²) >= 11 is 0. The van der Waals surface area contributed by atoms with Crippen molar-refractivity contribution in [2.24, 2.45) is 0 Å². The van der Waals surface area contributed by atoms with Gasteiger partial charge in [0.2, 0.25) is 0 Å². The Morgan fingerprint density at radius 3 is 2.00 bits per heavy atom. The first kappa shape index (κ1) is 28.6. The fraction of sp³-hybridized carbons (Fsp3) is 0.0588. The first-order chi connectivity index (χ1) is 20.8. The minimum Gasteiger partial charge on any atom is -0.508 e. The number of rotatable bonds is 8. The van der Waals surface area contributed by atoms with Crippen molar-refractivity contribution in [1.29, 1.82) is 0 Å². The van der Waals surface area contributed by atoms with E-state index >= 15 is 0 Å². The summed E-state index contributed by atoms with van der Waals surface area (Å²) in [5, 5.41) is 15.1. The molecule has 0 atom stereocenters. The van der Waals surface area contributed by atoms with Crippen LogP contribution in [0.4, 0.5) is 11.4 Å². The van der Waals surface area contributed by atoms with Crippen LogP contribution in [0.15, 0.2) is 109 Å². The molecule has 0 bridgehead atoms. The number of nitrogens with zero attached hydrogens (tertiary/aromatic N) is 1. The lowest BCUT2D eigenvalue weighted by Crippen LogP contribution is -2.16. The van der Waals surface area contributed by atoms with E-state index in [4.69, 9.17) is 9.47 Å². The number of aromatic hydroxyl groups is 1. The zero-order chi connectivity index (χ0) is 30.3. The molecule has 43 heavy (non-hydrogen) atoms. The second kappa shape index (κ2) is 12.7. The molecule has 0 saturated heterocycles. The van der Waals surface area contributed by atoms with Crippen molar-refractivity contribution in [2.75, 3.05) is 17.7 Å². The number of nitrogens with one attached hydrogen (secondary N) is 2. The van der Waals surface area contributed by atoms with Gasteiger partial charge in [-0.3, -0.25) is 14.6 Å². The van der Waals surface area contributed by atoms with E-state index in [-0.39, 0.29) is 22.8 Å². The Hall–Kier alpha value is -5.96. The predicted molar refractivity (Wildman–Crippen MR) is 163 cm³/mol. The van der Waals surface area contributed by atoms with Gasteiger partial charge in [0.1, 0.15) is 17.2 Å². The number of methoxy groups -OCH3 is 1. The molecule has 2 amide bonds. The summed E-state index contributed by atoms with van der Waals surface area (Å²) in [5.74, 6) is -0.568. The third kappa shape index (κ3) is 7.04. The number of hydrogen-bond acceptors (Lipinski definition) is 7. The molecule has 0 unspecified atom stereocenters. The third-order valence-corrected chi connectivity index (χ3v) is 6.52. The average molecular weight is 574 g/mol. The predicted octanol–water partition coefficient (Wildman–Crippen LogP) is 6.50. The fourth-order valence-electron chi connectivity index (χ4n) is 4.20. The summed E-state index contributed by atoms with van der Waals surface area (Å²) in [4.78, 5) is 42.7. The molecule has 4 aromatic carbocycles. The number of benzene rings is 4. The molecule has 0 aliphatic rings. The quantitative estimate of drug-likeness (QED) is 0.143. The van der Waals surface area contributed by atoms with Gasteiger partial charge in [-0.05, 0) is 78.7 Å². The van der Waals surface area contributed by atoms with Crippen LogP contribution in [0.5, 0.6) is 17.2 Å². The topological polar surface area (TPSA) is 127 Å². The highest BCUT2D eigenvalue weighted by molar-refractivity contribution is 6.07. The highest BCUT2D eigenvalue weighted by Crippen LogP contribution is 2.29. The van der Waals surface area contributed by atoms with E-state index in [0.29, 0.717) is 28.4 Å². The number of carbonyl (C=O) groups is 3. The smallest absolute Gasteiger partial charge is 0.345 e. The molecule has 9 heteroatoms. The van der Waals surface area contributed by atoms with E-state index < -0.39 is 11.9 Å². The molecular formula is C34H27N3O6. The maximum Gasteiger partial charge on any atom is 0.345 e. The van der Waals surface area contributed by atoms with E-state index in [1.807, 2.05) is 31.2 Å². The minimum atomic E-state index is -0.642. The summed E-state index contributed by atoms with van der Waals surface area (Å²) < 4.78 is 10.8. The maximum atomic E-state index is 13.0. The van der Waals surface area contributed by atoms with Gasteiger partial charge in [0, 0.05) is 23.6 Å². The number of anilines is 2. The molecule has 1 heterocycles. The number of hydrogen-bond donors (Lipinski definition) is 3. The largest absolute Gasteiger partial charge is 0.508 e. The number of carbonyl (C=O) groups excluding carboxylic acids is 3. The van der Waals surface area contributed by atoms with E-state index in [1.54, 1.807) is 66.7 Å². The number of aromatic nitrogens is 1. The van der Waals surface area contributed by atoms with Gasteiger partial charge in [0.25, 0.3) is 11.8 Å². The van der Waals surface area contributed by atoms with Crippen LogP contribution in [0.25, 0.3) is 11.1 Å². The number of pyridine rings is 1. The van der Waals surface area contributed by atoms with Gasteiger partial charge >= 0.3 is 5.97 Å². The number of phenolic OH excluding ortho intramolecular Hbond substituents is 1. The van der Waals surface area contributed by atoms with Crippen LogP contribution < -0.4 is 20.1 Å². The molecule has 0 spiro atoms. The number of amides is 2. The summed E-state index contributed by atoms with van der Waals surface area (Å²) in [6.07, 6.45) is 2.66. The number of phenols is 1. The molecule has 1 aromatic heterocycles. The Bertz CT molecular complexity index is 1780. The molecule has 5 aromatic rings. The standard InChI is InChI=1S/C34H27N3O6/c1-21-3-14-29(15-4-21)43-34(41)26-17-25(19-35-20-26)33(40)36-27-11-16-31(42-2)30(18-27)37-32(39)24-7-5-22(6-8-24)23-9-12-28(38)13-10-23/h3-20,38H,1-2H3,(H,36,40)(H,37,39). The van der Waals surface area contributed by atoms with Crippen molar-refractivity contribution in [3.8, 4) is 28.4 Å². The van der Waals surface area contributed by atoms with Crippen LogP contribution in [0.1, 0.15) is 36.6 Å². The van der Waals surface area contributed by atoms with Gasteiger partial charge < -0.3 is 25.2 Å². The molecule has 0 radical (unpaired) electrons. The van der Waals surface area contributed by atoms with Crippen LogP contribution in [0, 0.1) is 6.92 Å². The summed E-state index contributed by atoms with van der Waals surface area (Å²) in [6.45, 7) is 1.93. The lowest BCUT2D eigenvalue weighted by molar-refractivity contribution is 0.0734. The van der Waals surface area contributed by atoms with Crippen LogP contribution in [0.3, 0.4) is 0 Å². The first-order valence-electron chi connectivity index (χ1n) is 13.2. The van der Waals surface area contributed by atoms with Gasteiger partial charge in [-0.25, -0.2) is 4.79 Å². The summed E-state index contributed by atoms with van der Waals surface area (Å²) in [6, 6.07) is 27.0. The molecule has 0 aliphatic heterocycles. The van der Waals surface area contributed by atoms with Gasteiger partial charge in [0.05, 0.1) is 23.9 Å². The number of ether oxygens (including phenoxy) is 2. The Balaban J connectivity index is 1.27.